The van der Waals surface area contributed by atoms with Crippen LogP contribution in [0.2, 0.25) is 0 Å². The molecular formula is C25H27FN4O. The van der Waals surface area contributed by atoms with Gasteiger partial charge in [0.1, 0.15) is 11.6 Å². The molecule has 0 saturated heterocycles. The van der Waals surface area contributed by atoms with E-state index in [2.05, 4.69) is 58.6 Å². The van der Waals surface area contributed by atoms with Crippen LogP contribution in [0.3, 0.4) is 0 Å². The maximum absolute atomic E-state index is 13.5. The smallest absolute Gasteiger partial charge is 0.255 e. The summed E-state index contributed by atoms with van der Waals surface area (Å²) in [6.45, 7) is 6.63. The van der Waals surface area contributed by atoms with E-state index in [0.717, 1.165) is 19.5 Å². The van der Waals surface area contributed by atoms with E-state index in [0.29, 0.717) is 23.6 Å². The van der Waals surface area contributed by atoms with Crippen LogP contribution >= 0.6 is 0 Å². The number of fused-ring (bicyclic) bond motifs is 1. The molecule has 1 aromatic heterocycles. The summed E-state index contributed by atoms with van der Waals surface area (Å²) in [5.74, 6) is -0.162. The van der Waals surface area contributed by atoms with Gasteiger partial charge in [0.2, 0.25) is 0 Å². The zero-order chi connectivity index (χ0) is 21.8. The quantitative estimate of drug-likeness (QED) is 0.618. The average Bonchev–Trinajstić information content (AvgIpc) is 2.77. The number of carbonyl (C=O) groups excluding carboxylic acids is 1. The topological polar surface area (TPSA) is 57.3 Å². The molecule has 6 heteroatoms. The molecule has 1 amide bonds. The molecular weight excluding hydrogens is 391 g/mol. The number of hydrogen-bond donors (Lipinski definition) is 2. The fraction of sp³-hybridized carbons (Fsp3) is 0.280. The lowest BCUT2D eigenvalue weighted by molar-refractivity contribution is 0.0826. The van der Waals surface area contributed by atoms with Gasteiger partial charge in [-0.2, -0.15) is 0 Å². The van der Waals surface area contributed by atoms with Crippen molar-refractivity contribution in [3.8, 4) is 0 Å². The third-order valence-electron chi connectivity index (χ3n) is 5.81. The van der Waals surface area contributed by atoms with Crippen molar-refractivity contribution in [3.05, 3.63) is 89.4 Å². The minimum absolute atomic E-state index is 0.207. The molecule has 0 spiro atoms. The van der Waals surface area contributed by atoms with Gasteiger partial charge in [-0.25, -0.2) is 9.37 Å². The predicted octanol–water partition coefficient (Wildman–Crippen LogP) is 4.53. The molecule has 0 aliphatic carbocycles. The maximum Gasteiger partial charge on any atom is 0.255 e. The molecule has 1 aliphatic rings. The predicted molar refractivity (Wildman–Crippen MR) is 121 cm³/mol. The van der Waals surface area contributed by atoms with Crippen LogP contribution in [0.5, 0.6) is 0 Å². The molecule has 1 aliphatic heterocycles. The molecule has 2 N–H and O–H groups in total. The summed E-state index contributed by atoms with van der Waals surface area (Å²) in [7, 11) is 0. The highest BCUT2D eigenvalue weighted by molar-refractivity contribution is 5.99. The summed E-state index contributed by atoms with van der Waals surface area (Å²) in [4.78, 5) is 19.7. The second kappa shape index (κ2) is 8.86. The summed E-state index contributed by atoms with van der Waals surface area (Å²) < 4.78 is 13.5. The van der Waals surface area contributed by atoms with Crippen molar-refractivity contribution in [1.82, 2.24) is 15.2 Å². The lowest BCUT2D eigenvalue weighted by Crippen LogP contribution is -2.53. The lowest BCUT2D eigenvalue weighted by Gasteiger charge is -2.41. The van der Waals surface area contributed by atoms with Gasteiger partial charge in [-0.15, -0.1) is 0 Å². The molecule has 0 radical (unpaired) electrons. The van der Waals surface area contributed by atoms with Crippen molar-refractivity contribution >= 4 is 17.4 Å². The Morgan fingerprint density at radius 1 is 1.10 bits per heavy atom. The Balaban J connectivity index is 1.43. The fourth-order valence-electron chi connectivity index (χ4n) is 3.91. The highest BCUT2D eigenvalue weighted by Crippen LogP contribution is 2.25. The maximum atomic E-state index is 13.5. The van der Waals surface area contributed by atoms with Crippen LogP contribution in [0.4, 0.5) is 15.9 Å². The van der Waals surface area contributed by atoms with E-state index >= 15 is 0 Å². The molecule has 0 atom stereocenters. The molecule has 3 aromatic rings. The van der Waals surface area contributed by atoms with Crippen molar-refractivity contribution in [2.24, 2.45) is 0 Å². The largest absolute Gasteiger partial charge is 0.350 e. The van der Waals surface area contributed by atoms with Crippen molar-refractivity contribution in [2.45, 2.75) is 32.4 Å². The molecule has 160 valence electrons. The van der Waals surface area contributed by atoms with E-state index in [1.165, 1.54) is 23.3 Å². The molecule has 0 bridgehead atoms. The van der Waals surface area contributed by atoms with Crippen LogP contribution in [-0.4, -0.2) is 34.4 Å². The third kappa shape index (κ3) is 4.91. The van der Waals surface area contributed by atoms with Gasteiger partial charge < -0.3 is 10.6 Å². The van der Waals surface area contributed by atoms with Gasteiger partial charge >= 0.3 is 0 Å². The molecule has 0 fully saturated rings. The second-order valence-corrected chi connectivity index (χ2v) is 8.47. The monoisotopic (exact) mass is 418 g/mol. The van der Waals surface area contributed by atoms with E-state index < -0.39 is 0 Å². The standard InChI is InChI=1S/C25H27FN4O/c1-25(2,30-14-12-18-7-3-4-8-19(18)16-30)17-28-24(31)22-11-6-13-27-23(22)29-21-10-5-9-20(26)15-21/h3-11,13,15H,12,14,16-17H2,1-2H3,(H,27,29)(H,28,31). The number of pyridine rings is 1. The number of nitrogens with zero attached hydrogens (tertiary/aromatic N) is 2. The highest BCUT2D eigenvalue weighted by Gasteiger charge is 2.30. The van der Waals surface area contributed by atoms with Crippen LogP contribution in [0.25, 0.3) is 0 Å². The van der Waals surface area contributed by atoms with Crippen LogP contribution < -0.4 is 10.6 Å². The average molecular weight is 419 g/mol. The minimum atomic E-state index is -0.350. The van der Waals surface area contributed by atoms with E-state index in [4.69, 9.17) is 0 Å². The van der Waals surface area contributed by atoms with Gasteiger partial charge in [-0.3, -0.25) is 9.69 Å². The number of halogens is 1. The Bertz CT molecular complexity index is 1080. The van der Waals surface area contributed by atoms with Gasteiger partial charge in [-0.05, 0) is 61.7 Å². The van der Waals surface area contributed by atoms with E-state index in [1.807, 2.05) is 0 Å². The third-order valence-corrected chi connectivity index (χ3v) is 5.81. The second-order valence-electron chi connectivity index (χ2n) is 8.47. The number of carbonyl (C=O) groups is 1. The molecule has 2 aromatic carbocycles. The van der Waals surface area contributed by atoms with Crippen molar-refractivity contribution in [3.63, 3.8) is 0 Å². The van der Waals surface area contributed by atoms with Crippen molar-refractivity contribution < 1.29 is 9.18 Å². The molecule has 0 saturated carbocycles. The summed E-state index contributed by atoms with van der Waals surface area (Å²) in [5.41, 5.74) is 3.51. The van der Waals surface area contributed by atoms with E-state index in [1.54, 1.807) is 30.5 Å². The summed E-state index contributed by atoms with van der Waals surface area (Å²) in [6, 6.07) is 18.1. The van der Waals surface area contributed by atoms with Gasteiger partial charge in [0.25, 0.3) is 5.91 Å². The van der Waals surface area contributed by atoms with Crippen LogP contribution in [-0.2, 0) is 13.0 Å². The Morgan fingerprint density at radius 3 is 2.71 bits per heavy atom. The highest BCUT2D eigenvalue weighted by atomic mass is 19.1. The minimum Gasteiger partial charge on any atom is -0.350 e. The van der Waals surface area contributed by atoms with Crippen LogP contribution in [0, 0.1) is 5.82 Å². The van der Waals surface area contributed by atoms with Crippen molar-refractivity contribution in [2.75, 3.05) is 18.4 Å². The number of aromatic nitrogens is 1. The number of anilines is 2. The van der Waals surface area contributed by atoms with Gasteiger partial charge in [-0.1, -0.05) is 30.3 Å². The Labute approximate surface area is 182 Å². The normalized spacial score (nSPS) is 14.0. The van der Waals surface area contributed by atoms with Crippen molar-refractivity contribution in [1.29, 1.82) is 0 Å². The van der Waals surface area contributed by atoms with E-state index in [-0.39, 0.29) is 17.3 Å². The Hall–Kier alpha value is -3.25. The van der Waals surface area contributed by atoms with Gasteiger partial charge in [0.15, 0.2) is 0 Å². The van der Waals surface area contributed by atoms with Gasteiger partial charge in [0.05, 0.1) is 5.56 Å². The fourth-order valence-corrected chi connectivity index (χ4v) is 3.91. The number of benzene rings is 2. The molecule has 31 heavy (non-hydrogen) atoms. The molecule has 0 unspecified atom stereocenters. The molecule has 5 nitrogen and oxygen atoms in total. The first-order valence-electron chi connectivity index (χ1n) is 10.5. The molecule has 2 heterocycles. The Kier molecular flexibility index (Phi) is 6.00. The van der Waals surface area contributed by atoms with Crippen LogP contribution in [0.15, 0.2) is 66.9 Å². The summed E-state index contributed by atoms with van der Waals surface area (Å²) in [5, 5.41) is 6.11. The zero-order valence-corrected chi connectivity index (χ0v) is 17.9. The molecule has 4 rings (SSSR count). The van der Waals surface area contributed by atoms with E-state index in [9.17, 15) is 9.18 Å². The summed E-state index contributed by atoms with van der Waals surface area (Å²) >= 11 is 0. The SMILES string of the molecule is CC(C)(CNC(=O)c1cccnc1Nc1cccc(F)c1)N1CCc2ccccc2C1. The number of nitrogens with one attached hydrogen (secondary N) is 2. The first-order chi connectivity index (χ1) is 14.9. The Morgan fingerprint density at radius 2 is 1.90 bits per heavy atom. The number of rotatable bonds is 6. The first-order valence-corrected chi connectivity index (χ1v) is 10.5. The van der Waals surface area contributed by atoms with Gasteiger partial charge in [0, 0.05) is 37.1 Å². The number of hydrogen-bond acceptors (Lipinski definition) is 4. The number of amides is 1. The van der Waals surface area contributed by atoms with Crippen LogP contribution in [0.1, 0.15) is 35.3 Å². The lowest BCUT2D eigenvalue weighted by atomic mass is 9.94. The first kappa shape index (κ1) is 21.0. The summed E-state index contributed by atoms with van der Waals surface area (Å²) in [6.07, 6.45) is 2.62. The zero-order valence-electron chi connectivity index (χ0n) is 17.9.